The first-order valence-electron chi connectivity index (χ1n) is 9.98. The van der Waals surface area contributed by atoms with Gasteiger partial charge >= 0.3 is 12.1 Å². The molecule has 0 saturated carbocycles. The van der Waals surface area contributed by atoms with Crippen molar-refractivity contribution in [2.45, 2.75) is 32.9 Å². The first-order valence-corrected chi connectivity index (χ1v) is 9.98. The molecule has 0 fully saturated rings. The van der Waals surface area contributed by atoms with Gasteiger partial charge in [-0.25, -0.2) is 9.59 Å². The van der Waals surface area contributed by atoms with Crippen molar-refractivity contribution in [3.63, 3.8) is 0 Å². The summed E-state index contributed by atoms with van der Waals surface area (Å²) in [6.07, 6.45) is 0.0635. The van der Waals surface area contributed by atoms with Crippen molar-refractivity contribution in [3.05, 3.63) is 65.7 Å². The number of fused-ring (bicyclic) bond motifs is 1. The van der Waals surface area contributed by atoms with E-state index < -0.39 is 18.1 Å². The first-order chi connectivity index (χ1) is 14.5. The van der Waals surface area contributed by atoms with Crippen LogP contribution in [0.25, 0.3) is 0 Å². The summed E-state index contributed by atoms with van der Waals surface area (Å²) >= 11 is 0. The van der Waals surface area contributed by atoms with Crippen LogP contribution in [0.4, 0.5) is 10.5 Å². The highest BCUT2D eigenvalue weighted by atomic mass is 16.6. The van der Waals surface area contributed by atoms with Gasteiger partial charge in [0.05, 0.1) is 0 Å². The molecule has 2 aromatic carbocycles. The minimum Gasteiger partial charge on any atom is -0.454 e. The van der Waals surface area contributed by atoms with Crippen molar-refractivity contribution in [1.29, 1.82) is 0 Å². The smallest absolute Gasteiger partial charge is 0.408 e. The second-order valence-electron chi connectivity index (χ2n) is 7.46. The Morgan fingerprint density at radius 3 is 2.43 bits per heavy atom. The zero-order valence-corrected chi connectivity index (χ0v) is 17.2. The lowest BCUT2D eigenvalue weighted by Crippen LogP contribution is -2.46. The number of rotatable bonds is 7. The summed E-state index contributed by atoms with van der Waals surface area (Å²) in [5.74, 6) is -1.19. The van der Waals surface area contributed by atoms with Gasteiger partial charge in [0.2, 0.25) is 0 Å². The monoisotopic (exact) mass is 410 g/mol. The topological polar surface area (TPSA) is 84.9 Å². The lowest BCUT2D eigenvalue weighted by atomic mass is 10.1. The van der Waals surface area contributed by atoms with Crippen LogP contribution < -0.4 is 10.2 Å². The van der Waals surface area contributed by atoms with E-state index in [4.69, 9.17) is 9.47 Å². The maximum atomic E-state index is 12.5. The van der Waals surface area contributed by atoms with Crippen LogP contribution in [0.15, 0.2) is 54.6 Å². The van der Waals surface area contributed by atoms with E-state index in [9.17, 15) is 14.4 Å². The molecule has 0 saturated heterocycles. The quantitative estimate of drug-likeness (QED) is 0.709. The molecular formula is C23H26N2O5. The Morgan fingerprint density at radius 1 is 1.00 bits per heavy atom. The SMILES string of the molecule is CC(C)[C@H](NC(=O)OCc1ccccc1)C(=O)OCC(=O)N1CCc2ccccc21. The molecule has 1 heterocycles. The van der Waals surface area contributed by atoms with Gasteiger partial charge in [0.15, 0.2) is 6.61 Å². The number of nitrogens with one attached hydrogen (secondary N) is 1. The van der Waals surface area contributed by atoms with E-state index in [2.05, 4.69) is 5.32 Å². The number of hydrogen-bond donors (Lipinski definition) is 1. The van der Waals surface area contributed by atoms with E-state index in [1.54, 1.807) is 18.7 Å². The number of esters is 1. The standard InChI is InChI=1S/C23H26N2O5/c1-16(2)21(24-23(28)30-14-17-8-4-3-5-9-17)22(27)29-15-20(26)25-13-12-18-10-6-7-11-19(18)25/h3-11,16,21H,12-15H2,1-2H3,(H,24,28)/t21-/m0/s1. The highest BCUT2D eigenvalue weighted by molar-refractivity contribution is 5.97. The zero-order chi connectivity index (χ0) is 21.5. The van der Waals surface area contributed by atoms with Crippen LogP contribution in [0.2, 0.25) is 0 Å². The first kappa shape index (κ1) is 21.4. The Bertz CT molecular complexity index is 897. The van der Waals surface area contributed by atoms with Crippen molar-refractivity contribution in [3.8, 4) is 0 Å². The second-order valence-corrected chi connectivity index (χ2v) is 7.46. The summed E-state index contributed by atoms with van der Waals surface area (Å²) in [6, 6.07) is 16.0. The van der Waals surface area contributed by atoms with Crippen LogP contribution in [0, 0.1) is 5.92 Å². The summed E-state index contributed by atoms with van der Waals surface area (Å²) in [5.41, 5.74) is 2.79. The molecule has 7 nitrogen and oxygen atoms in total. The van der Waals surface area contributed by atoms with E-state index in [-0.39, 0.29) is 25.0 Å². The Hall–Kier alpha value is -3.35. The van der Waals surface area contributed by atoms with Gasteiger partial charge < -0.3 is 19.7 Å². The highest BCUT2D eigenvalue weighted by Crippen LogP contribution is 2.27. The van der Waals surface area contributed by atoms with Gasteiger partial charge in [0.1, 0.15) is 12.6 Å². The lowest BCUT2D eigenvalue weighted by Gasteiger charge is -2.22. The predicted molar refractivity (Wildman–Crippen MR) is 112 cm³/mol. The molecule has 2 amide bonds. The summed E-state index contributed by atoms with van der Waals surface area (Å²) in [5, 5.41) is 2.53. The number of benzene rings is 2. The molecule has 1 aliphatic rings. The van der Waals surface area contributed by atoms with Gasteiger partial charge in [0.25, 0.3) is 5.91 Å². The predicted octanol–water partition coefficient (Wildman–Crippen LogP) is 3.07. The van der Waals surface area contributed by atoms with Gasteiger partial charge in [-0.1, -0.05) is 62.4 Å². The molecule has 30 heavy (non-hydrogen) atoms. The number of para-hydroxylation sites is 1. The van der Waals surface area contributed by atoms with Gasteiger partial charge in [-0.05, 0) is 29.5 Å². The van der Waals surface area contributed by atoms with E-state index in [1.807, 2.05) is 54.6 Å². The molecule has 7 heteroatoms. The molecule has 1 N–H and O–H groups in total. The molecule has 0 spiro atoms. The molecule has 3 rings (SSSR count). The number of anilines is 1. The summed E-state index contributed by atoms with van der Waals surface area (Å²) in [4.78, 5) is 38.7. The van der Waals surface area contributed by atoms with Crippen molar-refractivity contribution < 1.29 is 23.9 Å². The van der Waals surface area contributed by atoms with Crippen LogP contribution in [0.5, 0.6) is 0 Å². The van der Waals surface area contributed by atoms with Crippen molar-refractivity contribution >= 4 is 23.7 Å². The number of hydrogen-bond acceptors (Lipinski definition) is 5. The van der Waals surface area contributed by atoms with Gasteiger partial charge in [-0.3, -0.25) is 4.79 Å². The number of nitrogens with zero attached hydrogens (tertiary/aromatic N) is 1. The molecule has 0 unspecified atom stereocenters. The summed E-state index contributed by atoms with van der Waals surface area (Å²) in [6.45, 7) is 3.84. The molecule has 0 aromatic heterocycles. The van der Waals surface area contributed by atoms with Crippen LogP contribution in [-0.4, -0.2) is 37.2 Å². The van der Waals surface area contributed by atoms with Gasteiger partial charge in [-0.2, -0.15) is 0 Å². The average Bonchev–Trinajstić information content (AvgIpc) is 3.19. The fourth-order valence-corrected chi connectivity index (χ4v) is 3.29. The van der Waals surface area contributed by atoms with Crippen molar-refractivity contribution in [2.75, 3.05) is 18.1 Å². The van der Waals surface area contributed by atoms with Crippen molar-refractivity contribution in [1.82, 2.24) is 5.32 Å². The molecule has 2 aromatic rings. The van der Waals surface area contributed by atoms with E-state index in [0.29, 0.717) is 6.54 Å². The number of ether oxygens (including phenoxy) is 2. The normalized spacial score (nSPS) is 13.5. The molecule has 0 aliphatic carbocycles. The Labute approximate surface area is 176 Å². The summed E-state index contributed by atoms with van der Waals surface area (Å²) < 4.78 is 10.4. The second kappa shape index (κ2) is 9.91. The molecule has 158 valence electrons. The molecular weight excluding hydrogens is 384 g/mol. The summed E-state index contributed by atoms with van der Waals surface area (Å²) in [7, 11) is 0. The lowest BCUT2D eigenvalue weighted by molar-refractivity contribution is -0.150. The minimum absolute atomic E-state index is 0.0966. The molecule has 0 radical (unpaired) electrons. The van der Waals surface area contributed by atoms with E-state index in [1.165, 1.54) is 0 Å². The number of amides is 2. The Morgan fingerprint density at radius 2 is 1.70 bits per heavy atom. The van der Waals surface area contributed by atoms with Crippen LogP contribution in [-0.2, 0) is 32.1 Å². The Kier molecular flexibility index (Phi) is 7.06. The Balaban J connectivity index is 1.50. The minimum atomic E-state index is -0.910. The highest BCUT2D eigenvalue weighted by Gasteiger charge is 2.29. The number of carbonyl (C=O) groups excluding carboxylic acids is 3. The fraction of sp³-hybridized carbons (Fsp3) is 0.348. The third kappa shape index (κ3) is 5.37. The largest absolute Gasteiger partial charge is 0.454 e. The molecule has 1 aliphatic heterocycles. The van der Waals surface area contributed by atoms with Crippen LogP contribution in [0.1, 0.15) is 25.0 Å². The number of carbonyl (C=O) groups is 3. The van der Waals surface area contributed by atoms with Gasteiger partial charge in [0, 0.05) is 12.2 Å². The van der Waals surface area contributed by atoms with E-state index in [0.717, 1.165) is 23.2 Å². The molecule has 0 bridgehead atoms. The zero-order valence-electron chi connectivity index (χ0n) is 17.2. The average molecular weight is 410 g/mol. The maximum absolute atomic E-state index is 12.5. The third-order valence-electron chi connectivity index (χ3n) is 4.93. The third-order valence-corrected chi connectivity index (χ3v) is 4.93. The van der Waals surface area contributed by atoms with Crippen LogP contribution >= 0.6 is 0 Å². The van der Waals surface area contributed by atoms with E-state index >= 15 is 0 Å². The molecule has 1 atom stereocenters. The van der Waals surface area contributed by atoms with Crippen molar-refractivity contribution in [2.24, 2.45) is 5.92 Å². The van der Waals surface area contributed by atoms with Gasteiger partial charge in [-0.15, -0.1) is 0 Å². The maximum Gasteiger partial charge on any atom is 0.408 e. The number of alkyl carbamates (subject to hydrolysis) is 1. The fourth-order valence-electron chi connectivity index (χ4n) is 3.29. The van der Waals surface area contributed by atoms with Crippen LogP contribution in [0.3, 0.4) is 0 Å².